The number of carbonyl (C=O) groups is 1. The molecule has 2 rings (SSSR count). The van der Waals surface area contributed by atoms with Crippen LogP contribution in [0.25, 0.3) is 0 Å². The van der Waals surface area contributed by atoms with Crippen molar-refractivity contribution in [2.45, 2.75) is 13.3 Å². The zero-order chi connectivity index (χ0) is 17.0. The lowest BCUT2D eigenvalue weighted by molar-refractivity contribution is -0.274. The number of carboxylic acid groups (broad SMARTS) is 1. The fourth-order valence-corrected chi connectivity index (χ4v) is 2.51. The van der Waals surface area contributed by atoms with Gasteiger partial charge in [0.2, 0.25) is 0 Å². The molecule has 0 amide bonds. The number of halogens is 3. The molecule has 8 heteroatoms. The molecule has 0 saturated carbocycles. The summed E-state index contributed by atoms with van der Waals surface area (Å²) in [6.07, 6.45) is -4.69. The van der Waals surface area contributed by atoms with Crippen molar-refractivity contribution in [3.8, 4) is 5.75 Å². The molecule has 23 heavy (non-hydrogen) atoms. The van der Waals surface area contributed by atoms with Crippen LogP contribution in [0.3, 0.4) is 0 Å². The molecule has 1 N–H and O–H groups in total. The Hall–Kier alpha value is -1.96. The zero-order valence-electron chi connectivity index (χ0n) is 12.7. The summed E-state index contributed by atoms with van der Waals surface area (Å²) in [7, 11) is 0. The van der Waals surface area contributed by atoms with E-state index in [4.69, 9.17) is 5.11 Å². The highest BCUT2D eigenvalue weighted by atomic mass is 19.4. The van der Waals surface area contributed by atoms with Crippen LogP contribution in [0.1, 0.15) is 6.92 Å². The minimum Gasteiger partial charge on any atom is -0.481 e. The highest BCUT2D eigenvalue weighted by Crippen LogP contribution is 2.25. The monoisotopic (exact) mass is 332 g/mol. The second-order valence-electron chi connectivity index (χ2n) is 5.57. The number of ether oxygens (including phenoxy) is 1. The number of hydrogen-bond acceptors (Lipinski definition) is 4. The fraction of sp³-hybridized carbons (Fsp3) is 0.533. The van der Waals surface area contributed by atoms with E-state index in [-0.39, 0.29) is 5.75 Å². The average Bonchev–Trinajstić information content (AvgIpc) is 2.47. The van der Waals surface area contributed by atoms with Crippen LogP contribution in [0.5, 0.6) is 5.75 Å². The SMILES string of the molecule is C[C@@H](CN1CCN(c2ccc(OC(F)(F)F)cc2)CC1)C(=O)O. The summed E-state index contributed by atoms with van der Waals surface area (Å²) in [6.45, 7) is 5.02. The molecule has 1 aromatic rings. The maximum atomic E-state index is 12.1. The number of carboxylic acids is 1. The number of alkyl halides is 3. The molecular formula is C15H19F3N2O3. The molecule has 1 fully saturated rings. The molecule has 1 saturated heterocycles. The zero-order valence-corrected chi connectivity index (χ0v) is 12.7. The van der Waals surface area contributed by atoms with Crippen LogP contribution >= 0.6 is 0 Å². The Kier molecular flexibility index (Phi) is 5.35. The number of anilines is 1. The molecule has 0 radical (unpaired) electrons. The number of hydrogen-bond donors (Lipinski definition) is 1. The van der Waals surface area contributed by atoms with Crippen molar-refractivity contribution in [3.63, 3.8) is 0 Å². The summed E-state index contributed by atoms with van der Waals surface area (Å²) in [5, 5.41) is 8.92. The van der Waals surface area contributed by atoms with Gasteiger partial charge in [0.1, 0.15) is 5.75 Å². The largest absolute Gasteiger partial charge is 0.573 e. The number of rotatable bonds is 5. The van der Waals surface area contributed by atoms with Crippen molar-refractivity contribution < 1.29 is 27.8 Å². The van der Waals surface area contributed by atoms with Crippen LogP contribution in [0.2, 0.25) is 0 Å². The predicted octanol–water partition coefficient (Wildman–Crippen LogP) is 2.43. The van der Waals surface area contributed by atoms with E-state index in [9.17, 15) is 18.0 Å². The Bertz CT molecular complexity index is 526. The van der Waals surface area contributed by atoms with Crippen LogP contribution in [-0.4, -0.2) is 55.1 Å². The van der Waals surface area contributed by atoms with Crippen LogP contribution < -0.4 is 9.64 Å². The highest BCUT2D eigenvalue weighted by Gasteiger charge is 2.31. The Balaban J connectivity index is 1.86. The van der Waals surface area contributed by atoms with Gasteiger partial charge >= 0.3 is 12.3 Å². The van der Waals surface area contributed by atoms with Gasteiger partial charge < -0.3 is 14.7 Å². The lowest BCUT2D eigenvalue weighted by Gasteiger charge is -2.36. The van der Waals surface area contributed by atoms with Crippen molar-refractivity contribution >= 4 is 11.7 Å². The third-order valence-electron chi connectivity index (χ3n) is 3.76. The second-order valence-corrected chi connectivity index (χ2v) is 5.57. The minimum atomic E-state index is -4.69. The topological polar surface area (TPSA) is 53.0 Å². The van der Waals surface area contributed by atoms with Gasteiger partial charge in [0, 0.05) is 38.4 Å². The Labute approximate surface area is 132 Å². The predicted molar refractivity (Wildman–Crippen MR) is 78.6 cm³/mol. The van der Waals surface area contributed by atoms with Gasteiger partial charge in [-0.15, -0.1) is 13.2 Å². The van der Waals surface area contributed by atoms with Crippen molar-refractivity contribution in [2.75, 3.05) is 37.6 Å². The average molecular weight is 332 g/mol. The molecule has 0 aliphatic carbocycles. The van der Waals surface area contributed by atoms with Crippen molar-refractivity contribution in [1.29, 1.82) is 0 Å². The van der Waals surface area contributed by atoms with E-state index >= 15 is 0 Å². The van der Waals surface area contributed by atoms with Crippen LogP contribution in [-0.2, 0) is 4.79 Å². The first-order valence-corrected chi connectivity index (χ1v) is 7.30. The van der Waals surface area contributed by atoms with Crippen LogP contribution in [0.4, 0.5) is 18.9 Å². The third kappa shape index (κ3) is 5.31. The molecule has 1 aliphatic rings. The Morgan fingerprint density at radius 1 is 1.22 bits per heavy atom. The third-order valence-corrected chi connectivity index (χ3v) is 3.76. The van der Waals surface area contributed by atoms with E-state index in [0.29, 0.717) is 19.6 Å². The number of benzene rings is 1. The highest BCUT2D eigenvalue weighted by molar-refractivity contribution is 5.69. The molecule has 0 spiro atoms. The maximum Gasteiger partial charge on any atom is 0.573 e. The van der Waals surface area contributed by atoms with E-state index in [0.717, 1.165) is 18.8 Å². The van der Waals surface area contributed by atoms with E-state index in [1.54, 1.807) is 19.1 Å². The van der Waals surface area contributed by atoms with E-state index in [2.05, 4.69) is 14.5 Å². The van der Waals surface area contributed by atoms with Gasteiger partial charge in [0.25, 0.3) is 0 Å². The lowest BCUT2D eigenvalue weighted by Crippen LogP contribution is -2.48. The number of piperazine rings is 1. The molecule has 1 heterocycles. The first-order valence-electron chi connectivity index (χ1n) is 7.30. The molecule has 0 bridgehead atoms. The molecule has 1 aliphatic heterocycles. The van der Waals surface area contributed by atoms with Gasteiger partial charge in [-0.1, -0.05) is 6.92 Å². The first kappa shape index (κ1) is 17.4. The summed E-state index contributed by atoms with van der Waals surface area (Å²) >= 11 is 0. The van der Waals surface area contributed by atoms with Gasteiger partial charge in [0.15, 0.2) is 0 Å². The van der Waals surface area contributed by atoms with E-state index < -0.39 is 18.2 Å². The van der Waals surface area contributed by atoms with E-state index in [1.807, 2.05) is 0 Å². The Morgan fingerprint density at radius 3 is 2.26 bits per heavy atom. The van der Waals surface area contributed by atoms with Gasteiger partial charge in [-0.3, -0.25) is 9.69 Å². The van der Waals surface area contributed by atoms with Crippen molar-refractivity contribution in [1.82, 2.24) is 4.90 Å². The number of nitrogens with zero attached hydrogens (tertiary/aromatic N) is 2. The standard InChI is InChI=1S/C15H19F3N2O3/c1-11(14(21)22)10-19-6-8-20(9-7-19)12-2-4-13(5-3-12)23-15(16,17)18/h2-5,11H,6-10H2,1H3,(H,21,22)/t11-/m0/s1. The van der Waals surface area contributed by atoms with Gasteiger partial charge in [-0.25, -0.2) is 0 Å². The molecule has 1 atom stereocenters. The molecule has 0 unspecified atom stereocenters. The van der Waals surface area contributed by atoms with Gasteiger partial charge in [-0.05, 0) is 24.3 Å². The number of aliphatic carboxylic acids is 1. The quantitative estimate of drug-likeness (QED) is 0.897. The molecule has 0 aromatic heterocycles. The molecule has 128 valence electrons. The second kappa shape index (κ2) is 7.08. The molecule has 5 nitrogen and oxygen atoms in total. The summed E-state index contributed by atoms with van der Waals surface area (Å²) in [5.74, 6) is -1.47. The van der Waals surface area contributed by atoms with Crippen LogP contribution in [0.15, 0.2) is 24.3 Å². The summed E-state index contributed by atoms with van der Waals surface area (Å²) in [5.41, 5.74) is 0.824. The lowest BCUT2D eigenvalue weighted by atomic mass is 10.1. The van der Waals surface area contributed by atoms with Crippen molar-refractivity contribution in [3.05, 3.63) is 24.3 Å². The van der Waals surface area contributed by atoms with Crippen molar-refractivity contribution in [2.24, 2.45) is 5.92 Å². The smallest absolute Gasteiger partial charge is 0.481 e. The minimum absolute atomic E-state index is 0.241. The summed E-state index contributed by atoms with van der Waals surface area (Å²) < 4.78 is 40.2. The fourth-order valence-electron chi connectivity index (χ4n) is 2.51. The maximum absolute atomic E-state index is 12.1. The normalized spacial score (nSPS) is 17.8. The summed E-state index contributed by atoms with van der Waals surface area (Å²) in [4.78, 5) is 15.0. The summed E-state index contributed by atoms with van der Waals surface area (Å²) in [6, 6.07) is 5.77. The van der Waals surface area contributed by atoms with E-state index in [1.165, 1.54) is 12.1 Å². The van der Waals surface area contributed by atoms with Gasteiger partial charge in [-0.2, -0.15) is 0 Å². The Morgan fingerprint density at radius 2 is 1.78 bits per heavy atom. The van der Waals surface area contributed by atoms with Gasteiger partial charge in [0.05, 0.1) is 5.92 Å². The molecule has 1 aromatic carbocycles. The van der Waals surface area contributed by atoms with Crippen LogP contribution in [0, 0.1) is 5.92 Å². The first-order chi connectivity index (χ1) is 10.7. The molecular weight excluding hydrogens is 313 g/mol.